The van der Waals surface area contributed by atoms with E-state index in [4.69, 9.17) is 11.6 Å². The number of benzene rings is 3. The Hall–Kier alpha value is -3.43. The van der Waals surface area contributed by atoms with Crippen LogP contribution in [0.2, 0.25) is 5.02 Å². The van der Waals surface area contributed by atoms with Crippen molar-refractivity contribution in [3.05, 3.63) is 102 Å². The minimum atomic E-state index is 0.645. The number of nitrogens with zero attached hydrogens (tertiary/aromatic N) is 3. The molecule has 5 aromatic rings. The van der Waals surface area contributed by atoms with E-state index >= 15 is 0 Å². The average molecular weight is 382 g/mol. The normalized spacial score (nSPS) is 11.0. The summed E-state index contributed by atoms with van der Waals surface area (Å²) in [5.74, 6) is 0.778. The highest BCUT2D eigenvalue weighted by Crippen LogP contribution is 2.31. The predicted molar refractivity (Wildman–Crippen MR) is 114 cm³/mol. The van der Waals surface area contributed by atoms with Crippen molar-refractivity contribution in [3.63, 3.8) is 0 Å². The maximum atomic E-state index is 6.44. The van der Waals surface area contributed by atoms with Crippen LogP contribution in [0.1, 0.15) is 0 Å². The molecule has 0 N–H and O–H groups in total. The van der Waals surface area contributed by atoms with Gasteiger partial charge in [0.15, 0.2) is 11.5 Å². The number of hydrogen-bond donors (Lipinski definition) is 0. The Morgan fingerprint density at radius 1 is 0.607 bits per heavy atom. The number of rotatable bonds is 3. The van der Waals surface area contributed by atoms with Crippen molar-refractivity contribution in [1.29, 1.82) is 0 Å². The summed E-state index contributed by atoms with van der Waals surface area (Å²) >= 11 is 6.44. The first-order valence-corrected chi connectivity index (χ1v) is 9.43. The number of halogens is 1. The third-order valence-corrected chi connectivity index (χ3v) is 5.01. The third-order valence-electron chi connectivity index (χ3n) is 4.81. The first-order chi connectivity index (χ1) is 13.8. The van der Waals surface area contributed by atoms with Crippen LogP contribution in [-0.4, -0.2) is 14.6 Å². The second-order valence-corrected chi connectivity index (χ2v) is 7.04. The van der Waals surface area contributed by atoms with Crippen molar-refractivity contribution in [2.24, 2.45) is 0 Å². The van der Waals surface area contributed by atoms with Gasteiger partial charge in [-0.3, -0.25) is 4.40 Å². The largest absolute Gasteiger partial charge is 0.280 e. The highest BCUT2D eigenvalue weighted by molar-refractivity contribution is 6.31. The van der Waals surface area contributed by atoms with Crippen molar-refractivity contribution in [3.8, 4) is 33.6 Å². The van der Waals surface area contributed by atoms with Gasteiger partial charge in [-0.15, -0.1) is 10.2 Å². The molecule has 0 saturated heterocycles. The number of pyridine rings is 1. The van der Waals surface area contributed by atoms with Crippen LogP contribution in [0.4, 0.5) is 0 Å². The molecule has 3 aromatic carbocycles. The number of hydrogen-bond acceptors (Lipinski definition) is 2. The van der Waals surface area contributed by atoms with E-state index in [0.717, 1.165) is 28.2 Å². The predicted octanol–water partition coefficient (Wildman–Crippen LogP) is 6.38. The molecular formula is C24H16ClN3. The molecule has 2 heterocycles. The van der Waals surface area contributed by atoms with Crippen LogP contribution in [-0.2, 0) is 0 Å². The van der Waals surface area contributed by atoms with E-state index in [1.165, 1.54) is 11.1 Å². The zero-order chi connectivity index (χ0) is 18.9. The fourth-order valence-electron chi connectivity index (χ4n) is 3.43. The molecule has 0 amide bonds. The van der Waals surface area contributed by atoms with Gasteiger partial charge in [0.2, 0.25) is 0 Å². The zero-order valence-electron chi connectivity index (χ0n) is 15.0. The lowest BCUT2D eigenvalue weighted by Gasteiger charge is -2.08. The fraction of sp³-hybridized carbons (Fsp3) is 0. The Labute approximate surface area is 167 Å². The van der Waals surface area contributed by atoms with Crippen molar-refractivity contribution in [2.75, 3.05) is 0 Å². The first-order valence-electron chi connectivity index (χ1n) is 9.05. The van der Waals surface area contributed by atoms with Crippen molar-refractivity contribution >= 4 is 17.2 Å². The molecule has 0 aliphatic carbocycles. The maximum absolute atomic E-state index is 6.44. The van der Waals surface area contributed by atoms with E-state index in [-0.39, 0.29) is 0 Å². The zero-order valence-corrected chi connectivity index (χ0v) is 15.7. The first kappa shape index (κ1) is 16.7. The molecule has 0 aliphatic heterocycles. The van der Waals surface area contributed by atoms with Gasteiger partial charge in [0, 0.05) is 17.3 Å². The summed E-state index contributed by atoms with van der Waals surface area (Å²) in [7, 11) is 0. The summed E-state index contributed by atoms with van der Waals surface area (Å²) in [5.41, 5.74) is 6.17. The molecule has 28 heavy (non-hydrogen) atoms. The minimum Gasteiger partial charge on any atom is -0.280 e. The smallest absolute Gasteiger partial charge is 0.169 e. The van der Waals surface area contributed by atoms with Crippen molar-refractivity contribution in [2.45, 2.75) is 0 Å². The molecule has 0 radical (unpaired) electrons. The number of fused-ring (bicyclic) bond motifs is 1. The number of aromatic nitrogens is 3. The van der Waals surface area contributed by atoms with Gasteiger partial charge in [-0.25, -0.2) is 0 Å². The molecule has 0 aliphatic rings. The molecule has 0 atom stereocenters. The van der Waals surface area contributed by atoms with E-state index in [1.807, 2.05) is 65.2 Å². The standard InChI is InChI=1S/C24H16ClN3/c25-21-15-22(19-13-11-18(12-14-19)17-7-3-1-4-8-17)24-27-26-23(28(24)16-21)20-9-5-2-6-10-20/h1-16H. The van der Waals surface area contributed by atoms with Crippen LogP contribution >= 0.6 is 11.6 Å². The van der Waals surface area contributed by atoms with Gasteiger partial charge >= 0.3 is 0 Å². The van der Waals surface area contributed by atoms with E-state index in [2.05, 4.69) is 46.6 Å². The molecule has 0 spiro atoms. The lowest BCUT2D eigenvalue weighted by molar-refractivity contribution is 1.11. The SMILES string of the molecule is Clc1cc(-c2ccc(-c3ccccc3)cc2)c2nnc(-c3ccccc3)n2c1. The summed E-state index contributed by atoms with van der Waals surface area (Å²) in [6.07, 6.45) is 1.86. The summed E-state index contributed by atoms with van der Waals surface area (Å²) in [4.78, 5) is 0. The minimum absolute atomic E-state index is 0.645. The van der Waals surface area contributed by atoms with Gasteiger partial charge in [-0.05, 0) is 22.8 Å². The van der Waals surface area contributed by atoms with Gasteiger partial charge < -0.3 is 0 Å². The molecule has 0 saturated carbocycles. The molecule has 134 valence electrons. The van der Waals surface area contributed by atoms with E-state index < -0.39 is 0 Å². The van der Waals surface area contributed by atoms with E-state index in [9.17, 15) is 0 Å². The Kier molecular flexibility index (Phi) is 4.15. The van der Waals surface area contributed by atoms with Crippen LogP contribution in [0, 0.1) is 0 Å². The van der Waals surface area contributed by atoms with E-state index in [1.54, 1.807) is 0 Å². The monoisotopic (exact) mass is 381 g/mol. The van der Waals surface area contributed by atoms with E-state index in [0.29, 0.717) is 5.02 Å². The second kappa shape index (κ2) is 6.95. The molecular weight excluding hydrogens is 366 g/mol. The van der Waals surface area contributed by atoms with Crippen LogP contribution < -0.4 is 0 Å². The quantitative estimate of drug-likeness (QED) is 0.362. The fourth-order valence-corrected chi connectivity index (χ4v) is 3.64. The summed E-state index contributed by atoms with van der Waals surface area (Å²) < 4.78 is 1.96. The highest BCUT2D eigenvalue weighted by atomic mass is 35.5. The molecule has 4 heteroatoms. The lowest BCUT2D eigenvalue weighted by atomic mass is 10.0. The average Bonchev–Trinajstić information content (AvgIpc) is 3.18. The Morgan fingerprint density at radius 2 is 1.18 bits per heavy atom. The van der Waals surface area contributed by atoms with Gasteiger partial charge in [0.25, 0.3) is 0 Å². The molecule has 3 nitrogen and oxygen atoms in total. The summed E-state index contributed by atoms with van der Waals surface area (Å²) in [5, 5.41) is 9.50. The third kappa shape index (κ3) is 2.96. The van der Waals surface area contributed by atoms with Crippen molar-refractivity contribution < 1.29 is 0 Å². The lowest BCUT2D eigenvalue weighted by Crippen LogP contribution is -1.92. The highest BCUT2D eigenvalue weighted by Gasteiger charge is 2.14. The molecule has 0 bridgehead atoms. The molecule has 0 unspecified atom stereocenters. The maximum Gasteiger partial charge on any atom is 0.169 e. The van der Waals surface area contributed by atoms with Crippen LogP contribution in [0.15, 0.2) is 97.2 Å². The van der Waals surface area contributed by atoms with Gasteiger partial charge in [-0.2, -0.15) is 0 Å². The topological polar surface area (TPSA) is 30.2 Å². The summed E-state index contributed by atoms with van der Waals surface area (Å²) in [6.45, 7) is 0. The summed E-state index contributed by atoms with van der Waals surface area (Å²) in [6, 6.07) is 30.7. The van der Waals surface area contributed by atoms with Gasteiger partial charge in [0.1, 0.15) is 0 Å². The van der Waals surface area contributed by atoms with Crippen LogP contribution in [0.5, 0.6) is 0 Å². The molecule has 5 rings (SSSR count). The van der Waals surface area contributed by atoms with Gasteiger partial charge in [0.05, 0.1) is 5.02 Å². The van der Waals surface area contributed by atoms with Crippen molar-refractivity contribution in [1.82, 2.24) is 14.6 Å². The van der Waals surface area contributed by atoms with Gasteiger partial charge in [-0.1, -0.05) is 96.5 Å². The Bertz CT molecular complexity index is 1240. The van der Waals surface area contributed by atoms with Crippen LogP contribution in [0.3, 0.4) is 0 Å². The van der Waals surface area contributed by atoms with Crippen LogP contribution in [0.25, 0.3) is 39.3 Å². The second-order valence-electron chi connectivity index (χ2n) is 6.60. The Balaban J connectivity index is 1.62. The Morgan fingerprint density at radius 3 is 1.86 bits per heavy atom. The molecule has 0 fully saturated rings. The molecule has 2 aromatic heterocycles.